The second-order valence-electron chi connectivity index (χ2n) is 4.51. The first-order valence-electron chi connectivity index (χ1n) is 6.38. The van der Waals surface area contributed by atoms with Crippen molar-refractivity contribution in [1.29, 1.82) is 0 Å². The number of nitrogens with zero attached hydrogens (tertiary/aromatic N) is 3. The quantitative estimate of drug-likeness (QED) is 0.490. The van der Waals surface area contributed by atoms with E-state index in [4.69, 9.17) is 5.53 Å². The van der Waals surface area contributed by atoms with E-state index < -0.39 is 0 Å². The molecule has 0 spiro atoms. The van der Waals surface area contributed by atoms with Crippen LogP contribution < -0.4 is 5.32 Å². The molecule has 0 aromatic heterocycles. The molecule has 1 aliphatic rings. The van der Waals surface area contributed by atoms with Crippen LogP contribution in [0.4, 0.5) is 0 Å². The Morgan fingerprint density at radius 2 is 2.00 bits per heavy atom. The van der Waals surface area contributed by atoms with Gasteiger partial charge in [0.05, 0.1) is 0 Å². The van der Waals surface area contributed by atoms with Gasteiger partial charge in [-0.1, -0.05) is 41.5 Å². The molecule has 0 atom stereocenters. The molecule has 0 aliphatic carbocycles. The van der Waals surface area contributed by atoms with Gasteiger partial charge in [0.1, 0.15) is 0 Å². The minimum Gasteiger partial charge on any atom is -0.317 e. The van der Waals surface area contributed by atoms with Crippen molar-refractivity contribution in [3.63, 3.8) is 0 Å². The van der Waals surface area contributed by atoms with E-state index in [-0.39, 0.29) is 0 Å². The predicted octanol–water partition coefficient (Wildman–Crippen LogP) is 3.48. The van der Waals surface area contributed by atoms with Crippen LogP contribution in [0.25, 0.3) is 16.5 Å². The van der Waals surface area contributed by atoms with E-state index in [1.165, 1.54) is 18.4 Å². The monoisotopic (exact) mass is 242 g/mol. The van der Waals surface area contributed by atoms with Gasteiger partial charge in [-0.25, -0.2) is 0 Å². The predicted molar refractivity (Wildman–Crippen MR) is 74.3 cm³/mol. The Morgan fingerprint density at radius 3 is 2.67 bits per heavy atom. The van der Waals surface area contributed by atoms with Crippen molar-refractivity contribution < 1.29 is 0 Å². The van der Waals surface area contributed by atoms with Gasteiger partial charge >= 0.3 is 0 Å². The lowest BCUT2D eigenvalue weighted by molar-refractivity contribution is 0.460. The van der Waals surface area contributed by atoms with Crippen molar-refractivity contribution in [2.75, 3.05) is 19.6 Å². The number of hydrogen-bond donors (Lipinski definition) is 1. The number of benzene rings is 1. The Hall–Kier alpha value is -1.77. The van der Waals surface area contributed by atoms with Gasteiger partial charge in [0.25, 0.3) is 0 Å². The zero-order valence-corrected chi connectivity index (χ0v) is 10.4. The minimum absolute atomic E-state index is 0.409. The highest BCUT2D eigenvalue weighted by Crippen LogP contribution is 2.25. The molecule has 0 bridgehead atoms. The van der Waals surface area contributed by atoms with E-state index in [1.54, 1.807) is 0 Å². The highest BCUT2D eigenvalue weighted by atomic mass is 15.1. The topological polar surface area (TPSA) is 60.8 Å². The number of hydrogen-bond acceptors (Lipinski definition) is 2. The third-order valence-corrected chi connectivity index (χ3v) is 3.31. The number of rotatable bonds is 4. The Labute approximate surface area is 107 Å². The van der Waals surface area contributed by atoms with Gasteiger partial charge in [-0.15, -0.1) is 0 Å². The molecule has 0 radical (unpaired) electrons. The average molecular weight is 242 g/mol. The fourth-order valence-corrected chi connectivity index (χ4v) is 2.31. The minimum atomic E-state index is 0.409. The van der Waals surface area contributed by atoms with Gasteiger partial charge in [-0.05, 0) is 48.5 Å². The molecule has 0 amide bonds. The molecule has 1 aliphatic heterocycles. The van der Waals surface area contributed by atoms with Crippen molar-refractivity contribution in [2.45, 2.75) is 18.8 Å². The van der Waals surface area contributed by atoms with E-state index >= 15 is 0 Å². The third kappa shape index (κ3) is 3.62. The van der Waals surface area contributed by atoms with Crippen LogP contribution in [-0.2, 0) is 0 Å². The average Bonchev–Trinajstić information content (AvgIpc) is 2.45. The van der Waals surface area contributed by atoms with Crippen LogP contribution in [-0.4, -0.2) is 19.6 Å². The van der Waals surface area contributed by atoms with Gasteiger partial charge in [0.2, 0.25) is 0 Å². The molecule has 1 aromatic carbocycles. The maximum absolute atomic E-state index is 8.16. The van der Waals surface area contributed by atoms with Crippen molar-refractivity contribution in [2.24, 2.45) is 5.11 Å². The molecule has 1 aromatic rings. The van der Waals surface area contributed by atoms with Crippen LogP contribution in [0.1, 0.15) is 29.9 Å². The molecule has 4 nitrogen and oxygen atoms in total. The molecule has 2 rings (SSSR count). The SMILES string of the molecule is [N-]=[N+]=NCC=Cc1ccc(C2CCNCC2)cc1. The molecule has 4 heteroatoms. The Morgan fingerprint density at radius 1 is 1.28 bits per heavy atom. The summed E-state index contributed by atoms with van der Waals surface area (Å²) in [6, 6.07) is 8.68. The Kier molecular flexibility index (Phi) is 4.82. The van der Waals surface area contributed by atoms with Crippen LogP contribution in [0.3, 0.4) is 0 Å². The van der Waals surface area contributed by atoms with Crippen molar-refractivity contribution in [3.05, 3.63) is 51.9 Å². The highest BCUT2D eigenvalue weighted by molar-refractivity contribution is 5.50. The molecule has 0 unspecified atom stereocenters. The van der Waals surface area contributed by atoms with Crippen molar-refractivity contribution >= 4 is 6.08 Å². The molecule has 0 saturated carbocycles. The van der Waals surface area contributed by atoms with Crippen LogP contribution in [0.15, 0.2) is 35.5 Å². The smallest absolute Gasteiger partial charge is 0.0443 e. The summed E-state index contributed by atoms with van der Waals surface area (Å²) >= 11 is 0. The zero-order chi connectivity index (χ0) is 12.6. The summed E-state index contributed by atoms with van der Waals surface area (Å²) in [7, 11) is 0. The van der Waals surface area contributed by atoms with Gasteiger partial charge in [-0.3, -0.25) is 0 Å². The highest BCUT2D eigenvalue weighted by Gasteiger charge is 2.14. The van der Waals surface area contributed by atoms with Crippen molar-refractivity contribution in [1.82, 2.24) is 5.32 Å². The summed E-state index contributed by atoms with van der Waals surface area (Å²) in [5.41, 5.74) is 10.8. The maximum atomic E-state index is 8.16. The van der Waals surface area contributed by atoms with Gasteiger partial charge < -0.3 is 5.32 Å². The van der Waals surface area contributed by atoms with Gasteiger partial charge in [-0.2, -0.15) is 0 Å². The largest absolute Gasteiger partial charge is 0.317 e. The second kappa shape index (κ2) is 6.84. The zero-order valence-electron chi connectivity index (χ0n) is 10.4. The summed E-state index contributed by atoms with van der Waals surface area (Å²) in [4.78, 5) is 2.71. The summed E-state index contributed by atoms with van der Waals surface area (Å²) in [6.45, 7) is 2.66. The van der Waals surface area contributed by atoms with Crippen LogP contribution in [0, 0.1) is 0 Å². The fourth-order valence-electron chi connectivity index (χ4n) is 2.31. The molecule has 1 heterocycles. The number of nitrogens with one attached hydrogen (secondary N) is 1. The second-order valence-corrected chi connectivity index (χ2v) is 4.51. The third-order valence-electron chi connectivity index (χ3n) is 3.31. The molecule has 1 fully saturated rings. The standard InChI is InChI=1S/C14H18N4/c15-18-17-9-1-2-12-3-5-13(6-4-12)14-7-10-16-11-8-14/h1-6,14,16H,7-11H2. The Bertz CT molecular complexity index is 437. The van der Waals surface area contributed by atoms with E-state index in [0.717, 1.165) is 18.7 Å². The molecule has 18 heavy (non-hydrogen) atoms. The Balaban J connectivity index is 1.96. The summed E-state index contributed by atoms with van der Waals surface area (Å²) in [5, 5.41) is 6.85. The van der Waals surface area contributed by atoms with Crippen LogP contribution in [0.5, 0.6) is 0 Å². The van der Waals surface area contributed by atoms with Crippen LogP contribution >= 0.6 is 0 Å². The van der Waals surface area contributed by atoms with E-state index in [2.05, 4.69) is 39.6 Å². The van der Waals surface area contributed by atoms with Gasteiger partial charge in [0, 0.05) is 11.5 Å². The lowest BCUT2D eigenvalue weighted by atomic mass is 9.90. The van der Waals surface area contributed by atoms with Gasteiger partial charge in [0.15, 0.2) is 0 Å². The molecule has 1 N–H and O–H groups in total. The van der Waals surface area contributed by atoms with E-state index in [0.29, 0.717) is 12.5 Å². The first-order chi connectivity index (χ1) is 8.90. The lowest BCUT2D eigenvalue weighted by Gasteiger charge is -2.22. The summed E-state index contributed by atoms with van der Waals surface area (Å²) < 4.78 is 0. The normalized spacial score (nSPS) is 16.7. The molecular weight excluding hydrogens is 224 g/mol. The molecular formula is C14H18N4. The van der Waals surface area contributed by atoms with E-state index in [1.807, 2.05) is 12.2 Å². The number of piperidine rings is 1. The summed E-state index contributed by atoms with van der Waals surface area (Å²) in [5.74, 6) is 0.701. The lowest BCUT2D eigenvalue weighted by Crippen LogP contribution is -2.26. The first kappa shape index (κ1) is 12.7. The van der Waals surface area contributed by atoms with E-state index in [9.17, 15) is 0 Å². The fraction of sp³-hybridized carbons (Fsp3) is 0.429. The van der Waals surface area contributed by atoms with Crippen LogP contribution in [0.2, 0.25) is 0 Å². The molecule has 94 valence electrons. The number of azide groups is 1. The maximum Gasteiger partial charge on any atom is 0.0443 e. The van der Waals surface area contributed by atoms with Crippen molar-refractivity contribution in [3.8, 4) is 0 Å². The molecule has 1 saturated heterocycles. The summed E-state index contributed by atoms with van der Waals surface area (Å²) in [6.07, 6.45) is 6.32. The first-order valence-corrected chi connectivity index (χ1v) is 6.38.